The molecule has 12 aromatic carbocycles. The largest absolute Gasteiger partial charge is 0.504 e. The van der Waals surface area contributed by atoms with Gasteiger partial charge >= 0.3 is 6.18 Å². The minimum Gasteiger partial charge on any atom is -0.504 e. The lowest BCUT2D eigenvalue weighted by Gasteiger charge is -2.15. The monoisotopic (exact) mass is 1630 g/mol. The van der Waals surface area contributed by atoms with Crippen LogP contribution < -0.4 is 41.2 Å². The molecule has 4 N–H and O–H groups in total. The first-order valence-electron chi connectivity index (χ1n) is 38.6. The van der Waals surface area contributed by atoms with Gasteiger partial charge in [-0.15, -0.1) is 0 Å². The molecule has 23 heteroatoms. The molecule has 0 atom stereocenters. The molecule has 4 aromatic heterocycles. The molecule has 16 aromatic rings. The molecular weight excluding hydrogens is 1550 g/mol. The van der Waals surface area contributed by atoms with Gasteiger partial charge in [0.05, 0.1) is 100 Å². The van der Waals surface area contributed by atoms with E-state index in [1.54, 1.807) is 171 Å². The molecule has 0 amide bonds. The quantitative estimate of drug-likeness (QED) is 0.0661. The molecule has 122 heavy (non-hydrogen) atoms. The number of ether oxygens (including phenoxy) is 4. The van der Waals surface area contributed by atoms with Gasteiger partial charge < -0.3 is 39.4 Å². The van der Waals surface area contributed by atoms with E-state index in [4.69, 9.17) is 33.9 Å². The fraction of sp³-hybridized carbons (Fsp3) is 0.111. The number of hydrogen-bond acceptors (Lipinski definition) is 16. The van der Waals surface area contributed by atoms with Crippen molar-refractivity contribution in [1.82, 2.24) is 38.2 Å². The molecule has 0 bridgehead atoms. The highest BCUT2D eigenvalue weighted by atomic mass is 19.4. The van der Waals surface area contributed by atoms with Gasteiger partial charge in [-0.2, -0.15) is 13.2 Å². The number of fused-ring (bicyclic) bond motifs is 4. The number of rotatable bonds is 17. The van der Waals surface area contributed by atoms with E-state index in [0.29, 0.717) is 101 Å². The first kappa shape index (κ1) is 84.3. The maximum Gasteiger partial charge on any atom is 0.416 e. The summed E-state index contributed by atoms with van der Waals surface area (Å²) in [4.78, 5) is 72.0. The van der Waals surface area contributed by atoms with E-state index in [0.717, 1.165) is 51.8 Å². The van der Waals surface area contributed by atoms with E-state index in [1.165, 1.54) is 58.1 Å². The van der Waals surface area contributed by atoms with Crippen LogP contribution in [0, 0.1) is 27.7 Å². The molecule has 0 aliphatic heterocycles. The average molecular weight is 1630 g/mol. The molecule has 612 valence electrons. The van der Waals surface area contributed by atoms with Gasteiger partial charge in [-0.1, -0.05) is 140 Å². The number of methoxy groups -OCH3 is 4. The molecule has 0 unspecified atom stereocenters. The summed E-state index contributed by atoms with van der Waals surface area (Å²) in [5.41, 5.74) is 9.56. The number of alkyl halides is 3. The highest BCUT2D eigenvalue weighted by molar-refractivity contribution is 5.85. The molecule has 4 heterocycles. The van der Waals surface area contributed by atoms with Crippen LogP contribution in [-0.4, -0.2) is 87.1 Å². The fourth-order valence-electron chi connectivity index (χ4n) is 13.8. The second-order valence-corrected chi connectivity index (χ2v) is 28.1. The van der Waals surface area contributed by atoms with Gasteiger partial charge in [-0.3, -0.25) is 37.4 Å². The zero-order valence-electron chi connectivity index (χ0n) is 67.8. The lowest BCUT2D eigenvalue weighted by molar-refractivity contribution is -0.138. The molecule has 16 rings (SSSR count). The Labute approximate surface area is 698 Å². The first-order valence-corrected chi connectivity index (χ1v) is 38.6. The summed E-state index contributed by atoms with van der Waals surface area (Å²) in [6.45, 7) is 9.36. The van der Waals surface area contributed by atoms with Gasteiger partial charge in [0.25, 0.3) is 22.2 Å². The number of para-hydroxylation sites is 8. The van der Waals surface area contributed by atoms with Crippen molar-refractivity contribution in [2.24, 2.45) is 0 Å². The fourth-order valence-corrected chi connectivity index (χ4v) is 13.8. The smallest absolute Gasteiger partial charge is 0.416 e. The van der Waals surface area contributed by atoms with Crippen molar-refractivity contribution in [1.29, 1.82) is 0 Å². The Balaban J connectivity index is 0.000000140. The van der Waals surface area contributed by atoms with Crippen molar-refractivity contribution >= 4 is 92.2 Å². The van der Waals surface area contributed by atoms with E-state index >= 15 is 0 Å². The zero-order chi connectivity index (χ0) is 86.5. The lowest BCUT2D eigenvalue weighted by Crippen LogP contribution is -2.23. The maximum absolute atomic E-state index is 13.4. The number of nitrogens with zero attached hydrogens (tertiary/aromatic N) is 8. The summed E-state index contributed by atoms with van der Waals surface area (Å²) in [6.07, 6.45) is 9.84. The Morgan fingerprint density at radius 2 is 0.648 bits per heavy atom. The summed E-state index contributed by atoms with van der Waals surface area (Å²) in [7, 11) is 5.94. The topological polar surface area (TPSA) is 257 Å². The van der Waals surface area contributed by atoms with Gasteiger partial charge in [0.15, 0.2) is 46.0 Å². The molecule has 20 nitrogen and oxygen atoms in total. The number of benzene rings is 12. The zero-order valence-corrected chi connectivity index (χ0v) is 67.8. The summed E-state index contributed by atoms with van der Waals surface area (Å²) in [5, 5.41) is 43.5. The van der Waals surface area contributed by atoms with E-state index in [1.807, 2.05) is 142 Å². The number of aromatic hydroxyl groups is 4. The molecule has 0 spiro atoms. The third kappa shape index (κ3) is 18.4. The van der Waals surface area contributed by atoms with Crippen molar-refractivity contribution in [2.45, 2.75) is 47.2 Å². The van der Waals surface area contributed by atoms with Crippen LogP contribution in [-0.2, 0) is 12.6 Å². The first-order chi connectivity index (χ1) is 58.9. The van der Waals surface area contributed by atoms with Crippen LogP contribution in [0.1, 0.15) is 85.9 Å². The van der Waals surface area contributed by atoms with Crippen LogP contribution in [0.5, 0.6) is 46.0 Å². The predicted octanol–water partition coefficient (Wildman–Crippen LogP) is 19.9. The van der Waals surface area contributed by atoms with Gasteiger partial charge in [0.1, 0.15) is 23.3 Å². The van der Waals surface area contributed by atoms with Crippen LogP contribution in [0.4, 0.5) is 13.2 Å². The van der Waals surface area contributed by atoms with Crippen LogP contribution in [0.25, 0.3) is 115 Å². The molecule has 0 radical (unpaired) electrons. The number of phenols is 4. The van der Waals surface area contributed by atoms with Crippen LogP contribution in [0.15, 0.2) is 274 Å². The van der Waals surface area contributed by atoms with Gasteiger partial charge in [0.2, 0.25) is 0 Å². The summed E-state index contributed by atoms with van der Waals surface area (Å²) in [6, 6.07) is 74.4. The number of aromatic nitrogens is 8. The molecule has 0 aliphatic carbocycles. The van der Waals surface area contributed by atoms with Gasteiger partial charge in [-0.25, -0.2) is 19.9 Å². The highest BCUT2D eigenvalue weighted by Crippen LogP contribution is 2.37. The van der Waals surface area contributed by atoms with E-state index in [-0.39, 0.29) is 62.5 Å². The standard InChI is InChI=1S/C25H19F3N2O3.2C25H22N2O3.C24H20N2O3/c1-15-14-17(11-12-19(15)25(26,27)28)30-22(29-20-8-4-3-7-18(20)24(30)32)13-10-16-6-5-9-21(33-2)23(16)31;1-16-11-12-17(2)21(15-16)27-23(26-20-9-5-4-8-19(20)25(27)29)14-13-18-7-6-10-22(30-3)24(18)28;1-3-17-8-6-10-19(16-17)27-23(26-21-12-5-4-11-20(21)25(27)29)15-14-18-9-7-13-22(30-2)24(18)28;1-16-7-5-9-18(15-16)26-22(25-20-11-4-3-10-19(20)24(26)28)14-13-17-8-6-12-21(29-2)23(17)27/h3-14,31H,1-2H3;4-15,28H,1-3H3;4-16,28H,3H2,1-2H3;3-15,27H,1-2H3/b13-10+;14-13+;15-14+;14-13+. The van der Waals surface area contributed by atoms with E-state index in [2.05, 4.69) is 11.9 Å². The highest BCUT2D eigenvalue weighted by Gasteiger charge is 2.33. The molecule has 0 saturated heterocycles. The third-order valence-corrected chi connectivity index (χ3v) is 20.1. The van der Waals surface area contributed by atoms with E-state index < -0.39 is 17.3 Å². The van der Waals surface area contributed by atoms with Crippen molar-refractivity contribution in [3.63, 3.8) is 0 Å². The van der Waals surface area contributed by atoms with Crippen molar-refractivity contribution in [3.8, 4) is 68.7 Å². The Bertz CT molecular complexity index is 7050. The minimum atomic E-state index is -4.50. The molecule has 0 aliphatic rings. The predicted molar refractivity (Wildman–Crippen MR) is 477 cm³/mol. The van der Waals surface area contributed by atoms with Crippen molar-refractivity contribution in [2.75, 3.05) is 28.4 Å². The minimum absolute atomic E-state index is 0.0135. The van der Waals surface area contributed by atoms with Crippen LogP contribution >= 0.6 is 0 Å². The average Bonchev–Trinajstić information content (AvgIpc) is 0.777. The number of halogens is 3. The summed E-state index contributed by atoms with van der Waals surface area (Å²) >= 11 is 0. The van der Waals surface area contributed by atoms with Crippen LogP contribution in [0.3, 0.4) is 0 Å². The molecular formula is C99H83F3N8O12. The lowest BCUT2D eigenvalue weighted by atomic mass is 10.1. The van der Waals surface area contributed by atoms with Crippen molar-refractivity contribution < 1.29 is 52.5 Å². The number of aryl methyl sites for hydroxylation is 5. The third-order valence-electron chi connectivity index (χ3n) is 20.1. The molecule has 0 saturated carbocycles. The normalized spacial score (nSPS) is 11.4. The summed E-state index contributed by atoms with van der Waals surface area (Å²) < 4.78 is 66.4. The second kappa shape index (κ2) is 37.3. The Morgan fingerprint density at radius 3 is 0.992 bits per heavy atom. The molecule has 0 fully saturated rings. The van der Waals surface area contributed by atoms with Crippen molar-refractivity contribution in [3.05, 3.63) is 375 Å². The van der Waals surface area contributed by atoms with Crippen LogP contribution in [0.2, 0.25) is 0 Å². The Hall–Kier alpha value is -15.7. The maximum atomic E-state index is 13.4. The number of hydrogen-bond donors (Lipinski definition) is 4. The van der Waals surface area contributed by atoms with E-state index in [9.17, 15) is 52.8 Å². The Kier molecular flexibility index (Phi) is 25.8. The van der Waals surface area contributed by atoms with Gasteiger partial charge in [0, 0.05) is 22.3 Å². The van der Waals surface area contributed by atoms with Gasteiger partial charge in [-0.05, 0) is 232 Å². The Morgan fingerprint density at radius 1 is 0.328 bits per heavy atom. The SMILES string of the molecule is CCc1cccc(-n2c(/C=C/c3cccc(OC)c3O)nc3ccccc3c2=O)c1.COc1cccc(/C=C/c2nc3ccccc3c(=O)n2-c2cc(C)ccc2C)c1O.COc1cccc(/C=C/c2nc3ccccc3c(=O)n2-c2ccc(C(F)(F)F)c(C)c2)c1O.COc1cccc(/C=C/c2nc3ccccc3c(=O)n2-c2cccc(C)c2)c1O. The number of phenolic OH excluding ortho intramolecular Hbond substituents is 4. The second-order valence-electron chi connectivity index (χ2n) is 28.1. The summed E-state index contributed by atoms with van der Waals surface area (Å²) in [5.74, 6) is 3.09.